The Balaban J connectivity index is 2.41. The summed E-state index contributed by atoms with van der Waals surface area (Å²) < 4.78 is 0. The Morgan fingerprint density at radius 2 is 2.21 bits per heavy atom. The molecule has 0 aromatic heterocycles. The molecule has 1 fully saturated rings. The van der Waals surface area contributed by atoms with Crippen molar-refractivity contribution in [2.45, 2.75) is 51.5 Å². The smallest absolute Gasteiger partial charge is 0.220 e. The van der Waals surface area contributed by atoms with Gasteiger partial charge in [0, 0.05) is 12.5 Å². The first-order chi connectivity index (χ1) is 6.77. The molecule has 1 aliphatic carbocycles. The van der Waals surface area contributed by atoms with Crippen LogP contribution in [0.15, 0.2) is 0 Å². The maximum atomic E-state index is 11.4. The number of amides is 1. The minimum atomic E-state index is 0.0320. The summed E-state index contributed by atoms with van der Waals surface area (Å²) in [5, 5.41) is 11.9. The van der Waals surface area contributed by atoms with Crippen LogP contribution in [-0.2, 0) is 4.79 Å². The molecule has 14 heavy (non-hydrogen) atoms. The normalized spacial score (nSPS) is 26.6. The van der Waals surface area contributed by atoms with Gasteiger partial charge in [-0.1, -0.05) is 19.8 Å². The number of hydrogen-bond acceptors (Lipinski definition) is 2. The fourth-order valence-corrected chi connectivity index (χ4v) is 1.96. The van der Waals surface area contributed by atoms with Crippen molar-refractivity contribution >= 4 is 5.91 Å². The van der Waals surface area contributed by atoms with Gasteiger partial charge in [0.2, 0.25) is 5.91 Å². The third-order valence-electron chi connectivity index (χ3n) is 2.76. The molecule has 1 aliphatic rings. The lowest BCUT2D eigenvalue weighted by atomic mass is 9.85. The molecule has 0 bridgehead atoms. The van der Waals surface area contributed by atoms with Crippen molar-refractivity contribution in [1.82, 2.24) is 5.32 Å². The first-order valence-electron chi connectivity index (χ1n) is 5.47. The third kappa shape index (κ3) is 3.02. The van der Waals surface area contributed by atoms with E-state index in [9.17, 15) is 4.79 Å². The van der Waals surface area contributed by atoms with Gasteiger partial charge >= 0.3 is 0 Å². The van der Waals surface area contributed by atoms with Crippen LogP contribution in [0.2, 0.25) is 0 Å². The summed E-state index contributed by atoms with van der Waals surface area (Å²) in [6.07, 6.45) is 5.61. The molecule has 0 aromatic carbocycles. The Kier molecular flexibility index (Phi) is 4.45. The molecular weight excluding hydrogens is 176 g/mol. The van der Waals surface area contributed by atoms with Gasteiger partial charge < -0.3 is 5.32 Å². The van der Waals surface area contributed by atoms with E-state index in [4.69, 9.17) is 5.26 Å². The molecule has 0 unspecified atom stereocenters. The zero-order valence-corrected chi connectivity index (χ0v) is 8.75. The average Bonchev–Trinajstić information content (AvgIpc) is 2.19. The fourth-order valence-electron chi connectivity index (χ4n) is 1.96. The number of hydrogen-bond donors (Lipinski definition) is 1. The first-order valence-corrected chi connectivity index (χ1v) is 5.47. The van der Waals surface area contributed by atoms with Gasteiger partial charge in [-0.05, 0) is 19.3 Å². The monoisotopic (exact) mass is 194 g/mol. The zero-order valence-electron chi connectivity index (χ0n) is 8.75. The maximum Gasteiger partial charge on any atom is 0.220 e. The van der Waals surface area contributed by atoms with Crippen LogP contribution in [0.5, 0.6) is 0 Å². The molecule has 0 aliphatic heterocycles. The third-order valence-corrected chi connectivity index (χ3v) is 2.76. The van der Waals surface area contributed by atoms with E-state index >= 15 is 0 Å². The minimum Gasteiger partial charge on any atom is -0.352 e. The molecule has 1 rings (SSSR count). The largest absolute Gasteiger partial charge is 0.352 e. The van der Waals surface area contributed by atoms with E-state index in [2.05, 4.69) is 11.4 Å². The quantitative estimate of drug-likeness (QED) is 0.747. The number of nitrogens with zero attached hydrogens (tertiary/aromatic N) is 1. The van der Waals surface area contributed by atoms with Crippen molar-refractivity contribution in [2.75, 3.05) is 0 Å². The Bertz CT molecular complexity index is 232. The SMILES string of the molecule is CCCC(=O)N[C@@H]1CCCC[C@H]1C#N. The van der Waals surface area contributed by atoms with Gasteiger partial charge in [0.25, 0.3) is 0 Å². The Morgan fingerprint density at radius 1 is 1.50 bits per heavy atom. The summed E-state index contributed by atoms with van der Waals surface area (Å²) in [6.45, 7) is 1.99. The van der Waals surface area contributed by atoms with E-state index in [0.717, 1.165) is 32.1 Å². The topological polar surface area (TPSA) is 52.9 Å². The molecule has 3 nitrogen and oxygen atoms in total. The van der Waals surface area contributed by atoms with Crippen molar-refractivity contribution in [3.63, 3.8) is 0 Å². The highest BCUT2D eigenvalue weighted by atomic mass is 16.1. The minimum absolute atomic E-state index is 0.0320. The summed E-state index contributed by atoms with van der Waals surface area (Å²) in [5.74, 6) is 0.129. The Hall–Kier alpha value is -1.04. The van der Waals surface area contributed by atoms with E-state index in [0.29, 0.717) is 6.42 Å². The van der Waals surface area contributed by atoms with Crippen LogP contribution < -0.4 is 5.32 Å². The fraction of sp³-hybridized carbons (Fsp3) is 0.818. The number of rotatable bonds is 3. The molecule has 0 radical (unpaired) electrons. The van der Waals surface area contributed by atoms with Crippen LogP contribution >= 0.6 is 0 Å². The van der Waals surface area contributed by atoms with Gasteiger partial charge in [-0.15, -0.1) is 0 Å². The highest BCUT2D eigenvalue weighted by molar-refractivity contribution is 5.76. The zero-order chi connectivity index (χ0) is 10.4. The second-order valence-corrected chi connectivity index (χ2v) is 3.94. The summed E-state index contributed by atoms with van der Waals surface area (Å²) in [7, 11) is 0. The number of carbonyl (C=O) groups is 1. The first kappa shape index (κ1) is 11.0. The lowest BCUT2D eigenvalue weighted by Gasteiger charge is -2.27. The van der Waals surface area contributed by atoms with Crippen LogP contribution in [-0.4, -0.2) is 11.9 Å². The van der Waals surface area contributed by atoms with E-state index in [1.165, 1.54) is 0 Å². The molecule has 78 valence electrons. The highest BCUT2D eigenvalue weighted by Crippen LogP contribution is 2.23. The molecule has 0 spiro atoms. The molecule has 3 heteroatoms. The van der Waals surface area contributed by atoms with Gasteiger partial charge in [-0.25, -0.2) is 0 Å². The molecule has 1 N–H and O–H groups in total. The standard InChI is InChI=1S/C11H18N2O/c1-2-5-11(14)13-10-7-4-3-6-9(10)8-12/h9-10H,2-7H2,1H3,(H,13,14)/t9-,10+/m0/s1. The van der Waals surface area contributed by atoms with E-state index in [1.807, 2.05) is 6.92 Å². The molecular formula is C11H18N2O. The van der Waals surface area contributed by atoms with Gasteiger partial charge in [0.15, 0.2) is 0 Å². The van der Waals surface area contributed by atoms with Crippen molar-refractivity contribution in [3.05, 3.63) is 0 Å². The predicted molar refractivity (Wildman–Crippen MR) is 54.4 cm³/mol. The lowest BCUT2D eigenvalue weighted by Crippen LogP contribution is -2.41. The summed E-state index contributed by atoms with van der Waals surface area (Å²) >= 11 is 0. The van der Waals surface area contributed by atoms with Crippen molar-refractivity contribution in [3.8, 4) is 6.07 Å². The molecule has 0 aromatic rings. The van der Waals surface area contributed by atoms with E-state index in [-0.39, 0.29) is 17.9 Å². The van der Waals surface area contributed by atoms with Gasteiger partial charge in [-0.3, -0.25) is 4.79 Å². The van der Waals surface area contributed by atoms with Crippen LogP contribution in [0, 0.1) is 17.2 Å². The lowest BCUT2D eigenvalue weighted by molar-refractivity contribution is -0.122. The van der Waals surface area contributed by atoms with Crippen molar-refractivity contribution < 1.29 is 4.79 Å². The van der Waals surface area contributed by atoms with Gasteiger partial charge in [0.1, 0.15) is 0 Å². The highest BCUT2D eigenvalue weighted by Gasteiger charge is 2.25. The summed E-state index contributed by atoms with van der Waals surface area (Å²) in [6, 6.07) is 2.39. The number of nitriles is 1. The Morgan fingerprint density at radius 3 is 2.86 bits per heavy atom. The molecule has 2 atom stereocenters. The second kappa shape index (κ2) is 5.64. The van der Waals surface area contributed by atoms with Crippen LogP contribution in [0.4, 0.5) is 0 Å². The number of carbonyl (C=O) groups excluding carboxylic acids is 1. The molecule has 1 amide bonds. The summed E-state index contributed by atoms with van der Waals surface area (Å²) in [5.41, 5.74) is 0. The van der Waals surface area contributed by atoms with E-state index in [1.54, 1.807) is 0 Å². The number of nitrogens with one attached hydrogen (secondary N) is 1. The van der Waals surface area contributed by atoms with Crippen LogP contribution in [0.1, 0.15) is 45.4 Å². The van der Waals surface area contributed by atoms with Crippen LogP contribution in [0.25, 0.3) is 0 Å². The van der Waals surface area contributed by atoms with Crippen molar-refractivity contribution in [1.29, 1.82) is 5.26 Å². The van der Waals surface area contributed by atoms with Crippen molar-refractivity contribution in [2.24, 2.45) is 5.92 Å². The molecule has 1 saturated carbocycles. The average molecular weight is 194 g/mol. The Labute approximate surface area is 85.5 Å². The van der Waals surface area contributed by atoms with Gasteiger partial charge in [0.05, 0.1) is 12.0 Å². The predicted octanol–water partition coefficient (Wildman–Crippen LogP) is 1.99. The molecule has 0 heterocycles. The second-order valence-electron chi connectivity index (χ2n) is 3.94. The summed E-state index contributed by atoms with van der Waals surface area (Å²) in [4.78, 5) is 11.4. The van der Waals surface area contributed by atoms with Crippen LogP contribution in [0.3, 0.4) is 0 Å². The maximum absolute atomic E-state index is 11.4. The van der Waals surface area contributed by atoms with E-state index < -0.39 is 0 Å². The molecule has 0 saturated heterocycles. The van der Waals surface area contributed by atoms with Gasteiger partial charge in [-0.2, -0.15) is 5.26 Å².